The standard InChI is InChI=1S/C17H14F4N4/c1-10-8-14(16-12(9-22)4-3-5-13(16)18)23-15-6-7-24(25(10)15)11(2)17(19,20)21/h3-6,8,11H,7H2,1-2H3/t11-/m0/s1. The Morgan fingerprint density at radius 1 is 1.32 bits per heavy atom. The molecule has 0 aliphatic carbocycles. The molecule has 0 N–H and O–H groups in total. The van der Waals surface area contributed by atoms with E-state index in [1.807, 2.05) is 6.07 Å². The van der Waals surface area contributed by atoms with Gasteiger partial charge in [0.1, 0.15) is 17.7 Å². The Kier molecular flexibility index (Phi) is 4.13. The van der Waals surface area contributed by atoms with Gasteiger partial charge in [0.25, 0.3) is 0 Å². The minimum absolute atomic E-state index is 0.0420. The van der Waals surface area contributed by atoms with Crippen LogP contribution in [0, 0.1) is 17.1 Å². The maximum atomic E-state index is 14.2. The first-order chi connectivity index (χ1) is 11.7. The van der Waals surface area contributed by atoms with E-state index in [0.29, 0.717) is 11.5 Å². The molecule has 1 aromatic carbocycles. The van der Waals surface area contributed by atoms with Gasteiger partial charge in [0.2, 0.25) is 0 Å². The third-order valence-electron chi connectivity index (χ3n) is 4.16. The zero-order valence-corrected chi connectivity index (χ0v) is 13.5. The molecule has 130 valence electrons. The summed E-state index contributed by atoms with van der Waals surface area (Å²) in [5.74, 6) is -0.312. The number of halogens is 4. The van der Waals surface area contributed by atoms with Crippen molar-refractivity contribution in [3.05, 3.63) is 58.8 Å². The lowest BCUT2D eigenvalue weighted by molar-refractivity contribution is -0.201. The molecule has 0 saturated heterocycles. The average molecular weight is 350 g/mol. The van der Waals surface area contributed by atoms with Gasteiger partial charge in [-0.3, -0.25) is 5.01 Å². The predicted octanol–water partition coefficient (Wildman–Crippen LogP) is 3.73. The number of hydrogen-bond donors (Lipinski definition) is 0. The van der Waals surface area contributed by atoms with Crippen LogP contribution in [0.5, 0.6) is 0 Å². The number of nitrogens with zero attached hydrogens (tertiary/aromatic N) is 4. The van der Waals surface area contributed by atoms with Gasteiger partial charge in [-0.25, -0.2) is 9.38 Å². The van der Waals surface area contributed by atoms with Gasteiger partial charge in [0.05, 0.1) is 22.9 Å². The van der Waals surface area contributed by atoms with Crippen LogP contribution in [-0.4, -0.2) is 34.5 Å². The summed E-state index contributed by atoms with van der Waals surface area (Å²) in [5.41, 5.74) is 0.857. The number of hydrazine groups is 1. The van der Waals surface area contributed by atoms with Crippen molar-refractivity contribution in [3.63, 3.8) is 0 Å². The van der Waals surface area contributed by atoms with Crippen LogP contribution >= 0.6 is 0 Å². The molecule has 25 heavy (non-hydrogen) atoms. The molecular formula is C17H14F4N4. The van der Waals surface area contributed by atoms with Crippen molar-refractivity contribution < 1.29 is 17.6 Å². The Morgan fingerprint density at radius 2 is 2.04 bits per heavy atom. The van der Waals surface area contributed by atoms with Gasteiger partial charge >= 0.3 is 6.18 Å². The molecule has 4 nitrogen and oxygen atoms in total. The molecule has 1 atom stereocenters. The fraction of sp³-hybridized carbons (Fsp3) is 0.294. The third kappa shape index (κ3) is 2.91. The number of benzene rings is 1. The summed E-state index contributed by atoms with van der Waals surface area (Å²) in [7, 11) is 0. The first-order valence-corrected chi connectivity index (χ1v) is 7.53. The van der Waals surface area contributed by atoms with E-state index in [-0.39, 0.29) is 23.4 Å². The number of nitriles is 1. The number of aliphatic imine (C=N–C) groups is 1. The molecule has 2 aliphatic rings. The highest BCUT2D eigenvalue weighted by molar-refractivity contribution is 6.11. The monoisotopic (exact) mass is 350 g/mol. The third-order valence-corrected chi connectivity index (χ3v) is 4.16. The SMILES string of the molecule is CC1=CC(c2c(F)cccc2C#N)=NC2=CCN([C@@H](C)C(F)(F)F)N12. The number of allylic oxidation sites excluding steroid dienone is 2. The maximum absolute atomic E-state index is 14.2. The minimum atomic E-state index is -4.38. The fourth-order valence-electron chi connectivity index (χ4n) is 2.87. The number of fused-ring (bicyclic) bond motifs is 1. The lowest BCUT2D eigenvalue weighted by Gasteiger charge is -2.38. The van der Waals surface area contributed by atoms with Gasteiger partial charge in [-0.2, -0.15) is 23.4 Å². The van der Waals surface area contributed by atoms with Gasteiger partial charge in [0, 0.05) is 12.2 Å². The largest absolute Gasteiger partial charge is 0.405 e. The molecule has 2 aliphatic heterocycles. The predicted molar refractivity (Wildman–Crippen MR) is 83.6 cm³/mol. The van der Waals surface area contributed by atoms with Crippen molar-refractivity contribution in [2.75, 3.05) is 6.54 Å². The highest BCUT2D eigenvalue weighted by Gasteiger charge is 2.45. The summed E-state index contributed by atoms with van der Waals surface area (Å²) in [6.45, 7) is 2.74. The Bertz CT molecular complexity index is 845. The summed E-state index contributed by atoms with van der Waals surface area (Å²) < 4.78 is 53.3. The molecule has 0 unspecified atom stereocenters. The molecule has 3 rings (SSSR count). The summed E-state index contributed by atoms with van der Waals surface area (Å²) in [6, 6.07) is 4.33. The number of rotatable bonds is 2. The second kappa shape index (κ2) is 6.01. The van der Waals surface area contributed by atoms with Crippen LogP contribution in [-0.2, 0) is 0 Å². The minimum Gasteiger partial charge on any atom is -0.261 e. The molecule has 0 bridgehead atoms. The zero-order chi connectivity index (χ0) is 18.4. The number of hydrogen-bond acceptors (Lipinski definition) is 4. The molecule has 0 amide bonds. The molecular weight excluding hydrogens is 336 g/mol. The van der Waals surface area contributed by atoms with E-state index >= 15 is 0 Å². The van der Waals surface area contributed by atoms with Crippen LogP contribution in [0.2, 0.25) is 0 Å². The average Bonchev–Trinajstić information content (AvgIpc) is 2.97. The van der Waals surface area contributed by atoms with Crippen LogP contribution in [0.3, 0.4) is 0 Å². The van der Waals surface area contributed by atoms with Gasteiger partial charge in [0.15, 0.2) is 0 Å². The maximum Gasteiger partial charge on any atom is 0.405 e. The molecule has 8 heteroatoms. The first kappa shape index (κ1) is 17.2. The summed E-state index contributed by atoms with van der Waals surface area (Å²) >= 11 is 0. The van der Waals surface area contributed by atoms with E-state index in [4.69, 9.17) is 0 Å². The Morgan fingerprint density at radius 3 is 2.68 bits per heavy atom. The van der Waals surface area contributed by atoms with Crippen molar-refractivity contribution in [3.8, 4) is 6.07 Å². The van der Waals surface area contributed by atoms with E-state index in [0.717, 1.165) is 11.9 Å². The van der Waals surface area contributed by atoms with Gasteiger partial charge < -0.3 is 0 Å². The number of alkyl halides is 3. The lowest BCUT2D eigenvalue weighted by Crippen LogP contribution is -2.49. The zero-order valence-electron chi connectivity index (χ0n) is 13.5. The molecule has 0 spiro atoms. The van der Waals surface area contributed by atoms with Crippen molar-refractivity contribution in [2.45, 2.75) is 26.1 Å². The molecule has 2 heterocycles. The molecule has 1 aromatic rings. The van der Waals surface area contributed by atoms with E-state index in [2.05, 4.69) is 4.99 Å². The van der Waals surface area contributed by atoms with Crippen molar-refractivity contribution in [1.29, 1.82) is 5.26 Å². The topological polar surface area (TPSA) is 42.6 Å². The first-order valence-electron chi connectivity index (χ1n) is 7.53. The van der Waals surface area contributed by atoms with E-state index in [9.17, 15) is 22.8 Å². The van der Waals surface area contributed by atoms with E-state index in [1.54, 1.807) is 13.0 Å². The van der Waals surface area contributed by atoms with Crippen LogP contribution < -0.4 is 0 Å². The lowest BCUT2D eigenvalue weighted by atomic mass is 10.0. The molecule has 0 saturated carbocycles. The molecule has 0 radical (unpaired) electrons. The highest BCUT2D eigenvalue weighted by atomic mass is 19.4. The quantitative estimate of drug-likeness (QED) is 0.764. The van der Waals surface area contributed by atoms with Crippen molar-refractivity contribution >= 4 is 5.71 Å². The van der Waals surface area contributed by atoms with E-state index in [1.165, 1.54) is 29.3 Å². The van der Waals surface area contributed by atoms with Crippen LogP contribution in [0.25, 0.3) is 0 Å². The highest BCUT2D eigenvalue weighted by Crippen LogP contribution is 2.35. The second-order valence-electron chi connectivity index (χ2n) is 5.77. The van der Waals surface area contributed by atoms with Crippen LogP contribution in [0.4, 0.5) is 17.6 Å². The van der Waals surface area contributed by atoms with Crippen molar-refractivity contribution in [2.24, 2.45) is 4.99 Å². The smallest absolute Gasteiger partial charge is 0.261 e. The van der Waals surface area contributed by atoms with Crippen LogP contribution in [0.1, 0.15) is 25.0 Å². The Balaban J connectivity index is 2.00. The summed E-state index contributed by atoms with van der Waals surface area (Å²) in [4.78, 5) is 4.28. The van der Waals surface area contributed by atoms with Crippen LogP contribution in [0.15, 0.2) is 46.9 Å². The van der Waals surface area contributed by atoms with E-state index < -0.39 is 18.0 Å². The summed E-state index contributed by atoms with van der Waals surface area (Å²) in [5, 5.41) is 11.7. The fourth-order valence-corrected chi connectivity index (χ4v) is 2.87. The van der Waals surface area contributed by atoms with Gasteiger partial charge in [-0.1, -0.05) is 6.07 Å². The van der Waals surface area contributed by atoms with Crippen molar-refractivity contribution in [1.82, 2.24) is 10.0 Å². The van der Waals surface area contributed by atoms with Gasteiger partial charge in [-0.05, 0) is 38.1 Å². The van der Waals surface area contributed by atoms with Gasteiger partial charge in [-0.15, -0.1) is 0 Å². The Hall–Kier alpha value is -2.66. The molecule has 0 aromatic heterocycles. The normalized spacial score (nSPS) is 18.9. The summed E-state index contributed by atoms with van der Waals surface area (Å²) in [6.07, 6.45) is -1.35. The Labute approximate surface area is 141 Å². The molecule has 0 fully saturated rings. The second-order valence-corrected chi connectivity index (χ2v) is 5.77.